The van der Waals surface area contributed by atoms with Crippen molar-refractivity contribution in [2.45, 2.75) is 26.4 Å². The molecule has 0 aromatic heterocycles. The first kappa shape index (κ1) is 7.92. The Labute approximate surface area is 51.7 Å². The molecule has 0 bridgehead atoms. The topological polar surface area (TPSA) is 24.1 Å². The van der Waals surface area contributed by atoms with Gasteiger partial charge < -0.3 is 10.6 Å². The summed E-state index contributed by atoms with van der Waals surface area (Å²) >= 11 is 0. The van der Waals surface area contributed by atoms with Crippen molar-refractivity contribution in [3.8, 4) is 0 Å². The van der Waals surface area contributed by atoms with Crippen LogP contribution in [0.3, 0.4) is 0 Å². The molecular weight excluding hydrogens is 100 g/mol. The Balaban J connectivity index is 3.07. The number of hydrogen-bond acceptors (Lipinski definition) is 2. The van der Waals surface area contributed by atoms with Crippen molar-refractivity contribution >= 4 is 0 Å². The van der Waals surface area contributed by atoms with Crippen LogP contribution >= 0.6 is 0 Å². The van der Waals surface area contributed by atoms with Crippen LogP contribution in [0.4, 0.5) is 0 Å². The minimum atomic E-state index is 0.500. The van der Waals surface area contributed by atoms with E-state index in [1.54, 1.807) is 0 Å². The fourth-order valence-corrected chi connectivity index (χ4v) is 0.697. The van der Waals surface area contributed by atoms with E-state index in [0.717, 1.165) is 13.0 Å². The Hall–Kier alpha value is -0.0800. The summed E-state index contributed by atoms with van der Waals surface area (Å²) in [5.41, 5.74) is 0. The van der Waals surface area contributed by atoms with Crippen molar-refractivity contribution in [3.05, 3.63) is 0 Å². The molecule has 0 saturated heterocycles. The highest BCUT2D eigenvalue weighted by atomic mass is 15.1. The number of hydrogen-bond donors (Lipinski definition) is 2. The Morgan fingerprint density at radius 2 is 2.00 bits per heavy atom. The monoisotopic (exact) mass is 116 g/mol. The third-order valence-corrected chi connectivity index (χ3v) is 1.21. The zero-order chi connectivity index (χ0) is 6.41. The molecular formula is C6H16N2. The van der Waals surface area contributed by atoms with E-state index in [1.807, 2.05) is 7.05 Å². The summed E-state index contributed by atoms with van der Waals surface area (Å²) in [5.74, 6) is 0. The van der Waals surface area contributed by atoms with Gasteiger partial charge in [-0.2, -0.15) is 0 Å². The fourth-order valence-electron chi connectivity index (χ4n) is 0.697. The summed E-state index contributed by atoms with van der Waals surface area (Å²) in [6.07, 6.45) is 1.64. The third-order valence-electron chi connectivity index (χ3n) is 1.21. The average molecular weight is 116 g/mol. The lowest BCUT2D eigenvalue weighted by Gasteiger charge is -2.13. The summed E-state index contributed by atoms with van der Waals surface area (Å²) in [5, 5.41) is 6.41. The highest BCUT2D eigenvalue weighted by molar-refractivity contribution is 4.55. The molecule has 0 spiro atoms. The van der Waals surface area contributed by atoms with Crippen LogP contribution in [0.2, 0.25) is 0 Å². The molecule has 0 fully saturated rings. The molecule has 0 rings (SSSR count). The lowest BCUT2D eigenvalue weighted by molar-refractivity contribution is 0.455. The maximum absolute atomic E-state index is 3.27. The minimum Gasteiger partial charge on any atom is -0.305 e. The first-order chi connectivity index (χ1) is 3.85. The van der Waals surface area contributed by atoms with E-state index in [-0.39, 0.29) is 0 Å². The van der Waals surface area contributed by atoms with Crippen LogP contribution in [0.5, 0.6) is 0 Å². The van der Waals surface area contributed by atoms with E-state index in [0.29, 0.717) is 6.17 Å². The molecule has 2 N–H and O–H groups in total. The fraction of sp³-hybridized carbons (Fsp3) is 1.00. The predicted octanol–water partition coefficient (Wildman–Crippen LogP) is 0.551. The van der Waals surface area contributed by atoms with Gasteiger partial charge in [0.2, 0.25) is 0 Å². The minimum absolute atomic E-state index is 0.500. The van der Waals surface area contributed by atoms with E-state index < -0.39 is 0 Å². The SMILES string of the molecule is CCNC(CC)NC. The molecule has 0 radical (unpaired) electrons. The van der Waals surface area contributed by atoms with Gasteiger partial charge >= 0.3 is 0 Å². The second-order valence-corrected chi connectivity index (χ2v) is 1.81. The molecule has 0 amide bonds. The van der Waals surface area contributed by atoms with E-state index >= 15 is 0 Å². The molecule has 0 aliphatic heterocycles. The van der Waals surface area contributed by atoms with Crippen LogP contribution in [0.15, 0.2) is 0 Å². The lowest BCUT2D eigenvalue weighted by atomic mass is 10.4. The van der Waals surface area contributed by atoms with Crippen molar-refractivity contribution < 1.29 is 0 Å². The maximum Gasteiger partial charge on any atom is 0.0566 e. The van der Waals surface area contributed by atoms with Gasteiger partial charge in [-0.3, -0.25) is 0 Å². The Kier molecular flexibility index (Phi) is 5.01. The van der Waals surface area contributed by atoms with Gasteiger partial charge in [-0.15, -0.1) is 0 Å². The highest BCUT2D eigenvalue weighted by Crippen LogP contribution is 1.80. The first-order valence-corrected chi connectivity index (χ1v) is 3.25. The van der Waals surface area contributed by atoms with Crippen molar-refractivity contribution in [2.24, 2.45) is 0 Å². The maximum atomic E-state index is 3.27. The van der Waals surface area contributed by atoms with Gasteiger partial charge in [0, 0.05) is 0 Å². The molecule has 0 aromatic carbocycles. The normalized spacial score (nSPS) is 13.9. The van der Waals surface area contributed by atoms with Crippen LogP contribution in [0.1, 0.15) is 20.3 Å². The average Bonchev–Trinajstić information content (AvgIpc) is 1.83. The molecule has 8 heavy (non-hydrogen) atoms. The van der Waals surface area contributed by atoms with Gasteiger partial charge in [-0.25, -0.2) is 0 Å². The molecule has 1 unspecified atom stereocenters. The molecule has 0 aliphatic carbocycles. The second-order valence-electron chi connectivity index (χ2n) is 1.81. The first-order valence-electron chi connectivity index (χ1n) is 3.25. The molecule has 2 heteroatoms. The molecule has 0 heterocycles. The zero-order valence-electron chi connectivity index (χ0n) is 5.99. The van der Waals surface area contributed by atoms with E-state index in [4.69, 9.17) is 0 Å². The third kappa shape index (κ3) is 2.99. The Bertz CT molecular complexity index is 41.8. The summed E-state index contributed by atoms with van der Waals surface area (Å²) in [6, 6.07) is 0. The molecule has 0 aromatic rings. The lowest BCUT2D eigenvalue weighted by Crippen LogP contribution is -2.39. The largest absolute Gasteiger partial charge is 0.305 e. The smallest absolute Gasteiger partial charge is 0.0566 e. The summed E-state index contributed by atoms with van der Waals surface area (Å²) in [4.78, 5) is 0. The highest BCUT2D eigenvalue weighted by Gasteiger charge is 1.95. The van der Waals surface area contributed by atoms with Crippen LogP contribution < -0.4 is 10.6 Å². The van der Waals surface area contributed by atoms with Crippen LogP contribution in [0.25, 0.3) is 0 Å². The van der Waals surface area contributed by atoms with Crippen LogP contribution in [-0.4, -0.2) is 19.8 Å². The molecule has 1 atom stereocenters. The summed E-state index contributed by atoms with van der Waals surface area (Å²) in [6.45, 7) is 5.31. The quantitative estimate of drug-likeness (QED) is 0.524. The van der Waals surface area contributed by atoms with E-state index in [9.17, 15) is 0 Å². The van der Waals surface area contributed by atoms with Crippen LogP contribution in [0, 0.1) is 0 Å². The zero-order valence-corrected chi connectivity index (χ0v) is 5.99. The number of rotatable bonds is 4. The van der Waals surface area contributed by atoms with Crippen molar-refractivity contribution in [3.63, 3.8) is 0 Å². The molecule has 50 valence electrons. The van der Waals surface area contributed by atoms with Gasteiger partial charge in [0.1, 0.15) is 0 Å². The van der Waals surface area contributed by atoms with Gasteiger partial charge in [0.25, 0.3) is 0 Å². The van der Waals surface area contributed by atoms with Crippen molar-refractivity contribution in [1.29, 1.82) is 0 Å². The molecule has 0 aliphatic rings. The van der Waals surface area contributed by atoms with Gasteiger partial charge in [-0.1, -0.05) is 13.8 Å². The second kappa shape index (κ2) is 5.06. The van der Waals surface area contributed by atoms with Crippen molar-refractivity contribution in [2.75, 3.05) is 13.6 Å². The van der Waals surface area contributed by atoms with Crippen LogP contribution in [-0.2, 0) is 0 Å². The Morgan fingerprint density at radius 1 is 1.38 bits per heavy atom. The van der Waals surface area contributed by atoms with Gasteiger partial charge in [0.05, 0.1) is 6.17 Å². The van der Waals surface area contributed by atoms with E-state index in [2.05, 4.69) is 24.5 Å². The molecule has 0 saturated carbocycles. The van der Waals surface area contributed by atoms with Gasteiger partial charge in [-0.05, 0) is 20.0 Å². The van der Waals surface area contributed by atoms with Crippen molar-refractivity contribution in [1.82, 2.24) is 10.6 Å². The Morgan fingerprint density at radius 3 is 2.12 bits per heavy atom. The summed E-state index contributed by atoms with van der Waals surface area (Å²) < 4.78 is 0. The summed E-state index contributed by atoms with van der Waals surface area (Å²) in [7, 11) is 1.97. The number of nitrogens with one attached hydrogen (secondary N) is 2. The van der Waals surface area contributed by atoms with Gasteiger partial charge in [0.15, 0.2) is 0 Å². The predicted molar refractivity (Wildman–Crippen MR) is 36.8 cm³/mol. The molecule has 2 nitrogen and oxygen atoms in total. The standard InChI is InChI=1S/C6H16N2/c1-4-6(7-3)8-5-2/h6-8H,4-5H2,1-3H3. The van der Waals surface area contributed by atoms with E-state index in [1.165, 1.54) is 0 Å².